The van der Waals surface area contributed by atoms with E-state index in [0.717, 1.165) is 22.5 Å². The van der Waals surface area contributed by atoms with Crippen molar-refractivity contribution in [3.63, 3.8) is 0 Å². The summed E-state index contributed by atoms with van der Waals surface area (Å²) in [6.07, 6.45) is 2.04. The first-order chi connectivity index (χ1) is 24.9. The molecule has 1 heterocycles. The number of allylic oxidation sites excluding steroid dienone is 1. The monoisotopic (exact) mass is 708 g/mol. The average Bonchev–Trinajstić information content (AvgIpc) is 3.15. The number of aromatic hydroxyl groups is 1. The maximum absolute atomic E-state index is 12.1. The fourth-order valence-corrected chi connectivity index (χ4v) is 4.88. The summed E-state index contributed by atoms with van der Waals surface area (Å²) < 4.78 is 11.2. The molecule has 5 rings (SSSR count). The number of anilines is 5. The highest BCUT2D eigenvalue weighted by Gasteiger charge is 2.09. The van der Waals surface area contributed by atoms with E-state index in [4.69, 9.17) is 21.1 Å². The zero-order valence-electron chi connectivity index (χ0n) is 28.2. The second-order valence-corrected chi connectivity index (χ2v) is 11.6. The quantitative estimate of drug-likeness (QED) is 0.0399. The molecule has 0 aliphatic heterocycles. The van der Waals surface area contributed by atoms with E-state index in [1.165, 1.54) is 0 Å². The molecule has 51 heavy (non-hydrogen) atoms. The van der Waals surface area contributed by atoms with Crippen LogP contribution in [0.4, 0.5) is 29.2 Å². The highest BCUT2D eigenvalue weighted by Crippen LogP contribution is 2.22. The number of amides is 1. The summed E-state index contributed by atoms with van der Waals surface area (Å²) in [5.41, 5.74) is 5.28. The first-order valence-corrected chi connectivity index (χ1v) is 16.9. The second kappa shape index (κ2) is 19.5. The molecule has 0 atom stereocenters. The molecule has 0 unspecified atom stereocenters. The normalized spacial score (nSPS) is 11.1. The van der Waals surface area contributed by atoms with Crippen molar-refractivity contribution in [2.45, 2.75) is 13.5 Å². The zero-order valence-corrected chi connectivity index (χ0v) is 29.0. The first kappa shape index (κ1) is 36.6. The number of phenols is 1. The van der Waals surface area contributed by atoms with Gasteiger partial charge < -0.3 is 41.2 Å². The van der Waals surface area contributed by atoms with Crippen LogP contribution in [0.15, 0.2) is 109 Å². The number of carbonyl (C=O) groups is 1. The molecular formula is C38H41ClN8O4. The van der Waals surface area contributed by atoms with E-state index in [0.29, 0.717) is 80.2 Å². The summed E-state index contributed by atoms with van der Waals surface area (Å²) in [6, 6.07) is 31.4. The number of nitrogens with one attached hydrogen (secondary N) is 5. The van der Waals surface area contributed by atoms with Crippen molar-refractivity contribution < 1.29 is 19.4 Å². The molecule has 6 N–H and O–H groups in total. The van der Waals surface area contributed by atoms with Crippen molar-refractivity contribution >= 4 is 52.4 Å². The minimum absolute atomic E-state index is 0.129. The maximum atomic E-state index is 12.1. The molecular weight excluding hydrogens is 668 g/mol. The molecule has 0 saturated heterocycles. The molecule has 4 aromatic carbocycles. The zero-order chi connectivity index (χ0) is 35.7. The number of benzene rings is 4. The van der Waals surface area contributed by atoms with Crippen LogP contribution in [0.25, 0.3) is 5.70 Å². The third kappa shape index (κ3) is 12.3. The Labute approximate surface area is 302 Å². The van der Waals surface area contributed by atoms with E-state index < -0.39 is 0 Å². The molecule has 0 aliphatic rings. The number of hydrogen-bond acceptors (Lipinski definition) is 11. The molecule has 0 aliphatic carbocycles. The Kier molecular flexibility index (Phi) is 14.0. The Morgan fingerprint density at radius 2 is 1.27 bits per heavy atom. The smallest absolute Gasteiger partial charge is 0.251 e. The minimum Gasteiger partial charge on any atom is -0.508 e. The molecule has 0 radical (unpaired) electrons. The number of nitrogens with zero attached hydrogens (tertiary/aromatic N) is 3. The third-order valence-electron chi connectivity index (χ3n) is 7.37. The van der Waals surface area contributed by atoms with E-state index in [9.17, 15) is 9.90 Å². The van der Waals surface area contributed by atoms with Crippen LogP contribution in [0.2, 0.25) is 5.02 Å². The van der Waals surface area contributed by atoms with Crippen molar-refractivity contribution in [3.05, 3.63) is 131 Å². The Hall–Kier alpha value is -5.69. The van der Waals surface area contributed by atoms with Gasteiger partial charge >= 0.3 is 0 Å². The summed E-state index contributed by atoms with van der Waals surface area (Å²) in [5, 5.41) is 26.3. The van der Waals surface area contributed by atoms with Crippen LogP contribution in [0.5, 0.6) is 5.75 Å². The molecule has 12 nitrogen and oxygen atoms in total. The summed E-state index contributed by atoms with van der Waals surface area (Å²) in [4.78, 5) is 25.7. The topological polar surface area (TPSA) is 155 Å². The molecule has 0 fully saturated rings. The SMILES string of the molecule is C/C=C(\NCc1ccc(Cl)cc1)c1ccc(Nc2nc(NCCOCCOCCNC(=O)c3ccccc3)nc(Nc3ccc(O)cc3)n2)cc1. The van der Waals surface area contributed by atoms with Crippen LogP contribution >= 0.6 is 11.6 Å². The highest BCUT2D eigenvalue weighted by molar-refractivity contribution is 6.30. The van der Waals surface area contributed by atoms with Crippen LogP contribution in [0, 0.1) is 0 Å². The number of hydrogen-bond donors (Lipinski definition) is 6. The van der Waals surface area contributed by atoms with Gasteiger partial charge in [0.2, 0.25) is 17.8 Å². The standard InChI is InChI=1S/C38H41ClN8O4/c1-2-34(42-26-27-8-12-30(39)13-9-27)28-10-14-31(15-11-28)43-37-45-36(46-38(47-37)44-32-16-18-33(48)19-17-32)41-21-23-51-25-24-50-22-20-40-35(49)29-6-4-3-5-7-29/h2-19,42,48H,20-26H2,1H3,(H,40,49)(H3,41,43,44,45,46,47)/b34-2-. The van der Waals surface area contributed by atoms with Gasteiger partial charge in [-0.1, -0.05) is 60.1 Å². The van der Waals surface area contributed by atoms with Gasteiger partial charge in [-0.2, -0.15) is 15.0 Å². The van der Waals surface area contributed by atoms with Gasteiger partial charge in [-0.15, -0.1) is 0 Å². The fraction of sp³-hybridized carbons (Fsp3) is 0.211. The lowest BCUT2D eigenvalue weighted by molar-refractivity contribution is 0.0519. The van der Waals surface area contributed by atoms with Crippen LogP contribution in [0.1, 0.15) is 28.4 Å². The van der Waals surface area contributed by atoms with Crippen molar-refractivity contribution in [3.8, 4) is 5.75 Å². The van der Waals surface area contributed by atoms with Crippen molar-refractivity contribution in [2.24, 2.45) is 0 Å². The van der Waals surface area contributed by atoms with Gasteiger partial charge in [-0.05, 0) is 78.7 Å². The number of phenolic OH excluding ortho intramolecular Hbond substituents is 1. The predicted octanol–water partition coefficient (Wildman–Crippen LogP) is 6.74. The average molecular weight is 709 g/mol. The molecule has 0 spiro atoms. The van der Waals surface area contributed by atoms with E-state index in [2.05, 4.69) is 41.5 Å². The highest BCUT2D eigenvalue weighted by atomic mass is 35.5. The largest absolute Gasteiger partial charge is 0.508 e. The number of rotatable bonds is 19. The van der Waals surface area contributed by atoms with E-state index in [-0.39, 0.29) is 11.7 Å². The first-order valence-electron chi connectivity index (χ1n) is 16.5. The van der Waals surface area contributed by atoms with Gasteiger partial charge in [0, 0.05) is 47.3 Å². The Morgan fingerprint density at radius 3 is 1.90 bits per heavy atom. The van der Waals surface area contributed by atoms with Gasteiger partial charge in [0.25, 0.3) is 5.91 Å². The van der Waals surface area contributed by atoms with Gasteiger partial charge in [-0.3, -0.25) is 4.79 Å². The van der Waals surface area contributed by atoms with E-state index in [1.54, 1.807) is 36.4 Å². The number of halogens is 1. The van der Waals surface area contributed by atoms with Gasteiger partial charge in [0.1, 0.15) is 5.75 Å². The number of carbonyl (C=O) groups excluding carboxylic acids is 1. The predicted molar refractivity (Wildman–Crippen MR) is 202 cm³/mol. The molecule has 13 heteroatoms. The lowest BCUT2D eigenvalue weighted by atomic mass is 10.1. The maximum Gasteiger partial charge on any atom is 0.251 e. The summed E-state index contributed by atoms with van der Waals surface area (Å²) in [5.74, 6) is 1.03. The van der Waals surface area contributed by atoms with Gasteiger partial charge in [0.15, 0.2) is 0 Å². The molecule has 5 aromatic rings. The van der Waals surface area contributed by atoms with Crippen LogP contribution in [-0.2, 0) is 16.0 Å². The second-order valence-electron chi connectivity index (χ2n) is 11.1. The Balaban J connectivity index is 1.11. The van der Waals surface area contributed by atoms with E-state index >= 15 is 0 Å². The molecule has 264 valence electrons. The number of aromatic nitrogens is 3. The van der Waals surface area contributed by atoms with Crippen LogP contribution < -0.4 is 26.6 Å². The minimum atomic E-state index is -0.129. The van der Waals surface area contributed by atoms with Crippen molar-refractivity contribution in [1.29, 1.82) is 0 Å². The Morgan fingerprint density at radius 1 is 0.686 bits per heavy atom. The van der Waals surface area contributed by atoms with Crippen molar-refractivity contribution in [2.75, 3.05) is 55.5 Å². The summed E-state index contributed by atoms with van der Waals surface area (Å²) in [6.45, 7) is 5.09. The van der Waals surface area contributed by atoms with Crippen molar-refractivity contribution in [1.82, 2.24) is 25.6 Å². The number of ether oxygens (including phenoxy) is 2. The summed E-state index contributed by atoms with van der Waals surface area (Å²) >= 11 is 6.02. The molecule has 1 aromatic heterocycles. The van der Waals surface area contributed by atoms with E-state index in [1.807, 2.05) is 79.7 Å². The molecule has 1 amide bonds. The summed E-state index contributed by atoms with van der Waals surface area (Å²) in [7, 11) is 0. The van der Waals surface area contributed by atoms with Gasteiger partial charge in [-0.25, -0.2) is 0 Å². The van der Waals surface area contributed by atoms with Crippen LogP contribution in [0.3, 0.4) is 0 Å². The third-order valence-corrected chi connectivity index (χ3v) is 7.62. The lowest BCUT2D eigenvalue weighted by Gasteiger charge is -2.13. The van der Waals surface area contributed by atoms with Crippen LogP contribution in [-0.4, -0.2) is 65.5 Å². The lowest BCUT2D eigenvalue weighted by Crippen LogP contribution is -2.27. The van der Waals surface area contributed by atoms with Gasteiger partial charge in [0.05, 0.1) is 26.4 Å². The fourth-order valence-electron chi connectivity index (χ4n) is 4.76. The Bertz CT molecular complexity index is 1840. The molecule has 0 bridgehead atoms. The molecule has 0 saturated carbocycles.